The smallest absolute Gasteiger partial charge is 0.109 e. The molecule has 2 aromatic rings. The summed E-state index contributed by atoms with van der Waals surface area (Å²) in [4.78, 5) is 4.71. The number of aryl methyl sites for hydroxylation is 1. The minimum atomic E-state index is 0.568. The van der Waals surface area contributed by atoms with Gasteiger partial charge in [-0.1, -0.05) is 6.92 Å². The summed E-state index contributed by atoms with van der Waals surface area (Å²) in [5.74, 6) is 2.03. The Kier molecular flexibility index (Phi) is 2.35. The van der Waals surface area contributed by atoms with Crippen LogP contribution in [-0.2, 0) is 6.42 Å². The van der Waals surface area contributed by atoms with Gasteiger partial charge in [0.15, 0.2) is 0 Å². The number of hydrogen-bond acceptors (Lipinski definition) is 2. The third-order valence-corrected chi connectivity index (χ3v) is 3.81. The molecule has 0 spiro atoms. The van der Waals surface area contributed by atoms with Gasteiger partial charge >= 0.3 is 0 Å². The lowest BCUT2D eigenvalue weighted by atomic mass is 10.2. The van der Waals surface area contributed by atoms with E-state index in [0.29, 0.717) is 6.04 Å². The standard InChI is InChI=1S/C14H19N3/c1-3-14-16-12-8-11(15)6-7-13(12)17(14)9(2)10-4-5-10/h6-10H,3-5,15H2,1-2H3. The van der Waals surface area contributed by atoms with Crippen molar-refractivity contribution in [2.75, 3.05) is 5.73 Å². The van der Waals surface area contributed by atoms with Crippen LogP contribution in [0.1, 0.15) is 38.6 Å². The number of anilines is 1. The van der Waals surface area contributed by atoms with Crippen molar-refractivity contribution in [2.45, 2.75) is 39.2 Å². The maximum absolute atomic E-state index is 5.82. The minimum Gasteiger partial charge on any atom is -0.399 e. The number of aromatic nitrogens is 2. The second kappa shape index (κ2) is 3.76. The van der Waals surface area contributed by atoms with Crippen LogP contribution >= 0.6 is 0 Å². The number of imidazole rings is 1. The van der Waals surface area contributed by atoms with Crippen LogP contribution in [-0.4, -0.2) is 9.55 Å². The molecule has 0 bridgehead atoms. The first-order valence-electron chi connectivity index (χ1n) is 6.47. The molecular weight excluding hydrogens is 210 g/mol. The van der Waals surface area contributed by atoms with Gasteiger partial charge in [0.25, 0.3) is 0 Å². The normalized spacial score (nSPS) is 17.5. The highest BCUT2D eigenvalue weighted by Gasteiger charge is 2.31. The molecule has 0 radical (unpaired) electrons. The molecule has 1 aromatic heterocycles. The Labute approximate surface area is 102 Å². The largest absolute Gasteiger partial charge is 0.399 e. The number of benzene rings is 1. The van der Waals surface area contributed by atoms with Crippen LogP contribution in [0.2, 0.25) is 0 Å². The van der Waals surface area contributed by atoms with Crippen molar-refractivity contribution in [1.82, 2.24) is 9.55 Å². The first-order valence-corrected chi connectivity index (χ1v) is 6.47. The number of nitrogens with two attached hydrogens (primary N) is 1. The number of nitrogens with zero attached hydrogens (tertiary/aromatic N) is 2. The first kappa shape index (κ1) is 10.6. The Hall–Kier alpha value is -1.51. The molecule has 2 N–H and O–H groups in total. The molecule has 0 saturated heterocycles. The van der Waals surface area contributed by atoms with Crippen LogP contribution in [0.3, 0.4) is 0 Å². The third-order valence-electron chi connectivity index (χ3n) is 3.81. The molecule has 1 atom stereocenters. The van der Waals surface area contributed by atoms with Crippen molar-refractivity contribution in [3.05, 3.63) is 24.0 Å². The van der Waals surface area contributed by atoms with E-state index in [1.807, 2.05) is 12.1 Å². The van der Waals surface area contributed by atoms with E-state index in [-0.39, 0.29) is 0 Å². The summed E-state index contributed by atoms with van der Waals surface area (Å²) in [7, 11) is 0. The zero-order valence-corrected chi connectivity index (χ0v) is 10.5. The van der Waals surface area contributed by atoms with E-state index in [0.717, 1.165) is 23.5 Å². The zero-order chi connectivity index (χ0) is 12.0. The summed E-state index contributed by atoms with van der Waals surface area (Å²) >= 11 is 0. The molecule has 3 heteroatoms. The molecule has 0 amide bonds. The fourth-order valence-corrected chi connectivity index (χ4v) is 2.66. The lowest BCUT2D eigenvalue weighted by Gasteiger charge is -2.16. The van der Waals surface area contributed by atoms with Gasteiger partial charge in [-0.3, -0.25) is 0 Å². The Balaban J connectivity index is 2.18. The second-order valence-corrected chi connectivity index (χ2v) is 5.08. The summed E-state index contributed by atoms with van der Waals surface area (Å²) < 4.78 is 2.41. The number of nitrogen functional groups attached to an aromatic ring is 1. The molecule has 17 heavy (non-hydrogen) atoms. The number of hydrogen-bond donors (Lipinski definition) is 1. The summed E-state index contributed by atoms with van der Waals surface area (Å²) in [5.41, 5.74) is 8.89. The molecule has 1 unspecified atom stereocenters. The van der Waals surface area contributed by atoms with Crippen molar-refractivity contribution >= 4 is 16.7 Å². The maximum atomic E-state index is 5.82. The fraction of sp³-hybridized carbons (Fsp3) is 0.500. The molecular formula is C14H19N3. The number of fused-ring (bicyclic) bond motifs is 1. The molecule has 1 aromatic carbocycles. The minimum absolute atomic E-state index is 0.568. The van der Waals surface area contributed by atoms with E-state index in [2.05, 4.69) is 24.5 Å². The average Bonchev–Trinajstić information content (AvgIpc) is 3.09. The van der Waals surface area contributed by atoms with Gasteiger partial charge in [-0.25, -0.2) is 4.98 Å². The van der Waals surface area contributed by atoms with Gasteiger partial charge in [-0.15, -0.1) is 0 Å². The predicted molar refractivity (Wildman–Crippen MR) is 71.0 cm³/mol. The van der Waals surface area contributed by atoms with E-state index in [1.54, 1.807) is 0 Å². The van der Waals surface area contributed by atoms with Crippen molar-refractivity contribution in [1.29, 1.82) is 0 Å². The van der Waals surface area contributed by atoms with Gasteiger partial charge in [0, 0.05) is 18.2 Å². The lowest BCUT2D eigenvalue weighted by molar-refractivity contribution is 0.481. The molecule has 1 fully saturated rings. The molecule has 1 aliphatic rings. The molecule has 1 aliphatic carbocycles. The van der Waals surface area contributed by atoms with E-state index in [4.69, 9.17) is 10.7 Å². The summed E-state index contributed by atoms with van der Waals surface area (Å²) in [6, 6.07) is 6.62. The highest BCUT2D eigenvalue weighted by atomic mass is 15.1. The molecule has 3 rings (SSSR count). The summed E-state index contributed by atoms with van der Waals surface area (Å²) in [6.07, 6.45) is 3.70. The summed E-state index contributed by atoms with van der Waals surface area (Å²) in [6.45, 7) is 4.48. The predicted octanol–water partition coefficient (Wildman–Crippen LogP) is 3.15. The van der Waals surface area contributed by atoms with Crippen LogP contribution in [0.5, 0.6) is 0 Å². The van der Waals surface area contributed by atoms with Gasteiger partial charge < -0.3 is 10.3 Å². The fourth-order valence-electron chi connectivity index (χ4n) is 2.66. The Morgan fingerprint density at radius 3 is 2.88 bits per heavy atom. The van der Waals surface area contributed by atoms with Crippen LogP contribution in [0.25, 0.3) is 11.0 Å². The topological polar surface area (TPSA) is 43.8 Å². The van der Waals surface area contributed by atoms with Crippen LogP contribution in [0.15, 0.2) is 18.2 Å². The van der Waals surface area contributed by atoms with Gasteiger partial charge in [0.2, 0.25) is 0 Å². The lowest BCUT2D eigenvalue weighted by Crippen LogP contribution is -2.10. The SMILES string of the molecule is CCc1nc2cc(N)ccc2n1C(C)C1CC1. The van der Waals surface area contributed by atoms with Crippen molar-refractivity contribution in [3.63, 3.8) is 0 Å². The van der Waals surface area contributed by atoms with Crippen LogP contribution in [0.4, 0.5) is 5.69 Å². The van der Waals surface area contributed by atoms with E-state index >= 15 is 0 Å². The van der Waals surface area contributed by atoms with Crippen molar-refractivity contribution in [2.24, 2.45) is 5.92 Å². The monoisotopic (exact) mass is 229 g/mol. The first-order chi connectivity index (χ1) is 8.20. The van der Waals surface area contributed by atoms with E-state index in [1.165, 1.54) is 24.2 Å². The van der Waals surface area contributed by atoms with Gasteiger partial charge in [0.1, 0.15) is 5.82 Å². The van der Waals surface area contributed by atoms with Crippen LogP contribution in [0, 0.1) is 5.92 Å². The van der Waals surface area contributed by atoms with Crippen molar-refractivity contribution in [3.8, 4) is 0 Å². The quantitative estimate of drug-likeness (QED) is 0.822. The van der Waals surface area contributed by atoms with Crippen molar-refractivity contribution < 1.29 is 0 Å². The Bertz CT molecular complexity index is 552. The average molecular weight is 229 g/mol. The highest BCUT2D eigenvalue weighted by molar-refractivity contribution is 5.79. The number of rotatable bonds is 3. The molecule has 3 nitrogen and oxygen atoms in total. The maximum Gasteiger partial charge on any atom is 0.109 e. The Morgan fingerprint density at radius 1 is 1.47 bits per heavy atom. The van der Waals surface area contributed by atoms with Gasteiger partial charge in [-0.05, 0) is 43.9 Å². The second-order valence-electron chi connectivity index (χ2n) is 5.08. The van der Waals surface area contributed by atoms with Gasteiger partial charge in [-0.2, -0.15) is 0 Å². The zero-order valence-electron chi connectivity index (χ0n) is 10.5. The molecule has 0 aliphatic heterocycles. The molecule has 1 heterocycles. The van der Waals surface area contributed by atoms with Gasteiger partial charge in [0.05, 0.1) is 11.0 Å². The van der Waals surface area contributed by atoms with Crippen LogP contribution < -0.4 is 5.73 Å². The third kappa shape index (κ3) is 1.70. The van der Waals surface area contributed by atoms with E-state index in [9.17, 15) is 0 Å². The summed E-state index contributed by atoms with van der Waals surface area (Å²) in [5, 5.41) is 0. The molecule has 1 saturated carbocycles. The highest BCUT2D eigenvalue weighted by Crippen LogP contribution is 2.41. The van der Waals surface area contributed by atoms with E-state index < -0.39 is 0 Å². The molecule has 90 valence electrons. The Morgan fingerprint density at radius 2 is 2.24 bits per heavy atom.